The van der Waals surface area contributed by atoms with Crippen molar-refractivity contribution in [3.05, 3.63) is 34.4 Å². The van der Waals surface area contributed by atoms with Gasteiger partial charge in [-0.1, -0.05) is 12.1 Å². The van der Waals surface area contributed by atoms with Crippen LogP contribution in [0.4, 0.5) is 10.5 Å². The number of amides is 1. The lowest BCUT2D eigenvalue weighted by Gasteiger charge is -2.19. The zero-order chi connectivity index (χ0) is 17.3. The molecule has 0 radical (unpaired) electrons. The number of nitro benzene ring substituents is 1. The minimum absolute atomic E-state index is 0.0842. The van der Waals surface area contributed by atoms with Crippen molar-refractivity contribution in [2.45, 2.75) is 26.4 Å². The summed E-state index contributed by atoms with van der Waals surface area (Å²) in [6, 6.07) is 6.14. The number of alkyl carbamates (subject to hydrolysis) is 1. The minimum atomic E-state index is -0.539. The molecule has 0 atom stereocenters. The summed E-state index contributed by atoms with van der Waals surface area (Å²) in [7, 11) is 0. The van der Waals surface area contributed by atoms with E-state index >= 15 is 0 Å². The Balaban J connectivity index is 2.15. The summed E-state index contributed by atoms with van der Waals surface area (Å²) in [4.78, 5) is 21.7. The van der Waals surface area contributed by atoms with Gasteiger partial charge in [0.05, 0.1) is 18.1 Å². The monoisotopic (exact) mass is 326 g/mol. The Labute approximate surface area is 134 Å². The first-order valence-electron chi connectivity index (χ1n) is 7.20. The minimum Gasteiger partial charge on any atom is -0.484 e. The number of rotatable bonds is 8. The number of hydrogen-bond donors (Lipinski definition) is 1. The Bertz CT molecular complexity index is 527. The normalized spacial score (nSPS) is 10.9. The van der Waals surface area contributed by atoms with Gasteiger partial charge in [0, 0.05) is 12.6 Å². The zero-order valence-corrected chi connectivity index (χ0v) is 13.5. The van der Waals surface area contributed by atoms with Crippen molar-refractivity contribution >= 4 is 11.8 Å². The summed E-state index contributed by atoms with van der Waals surface area (Å²) in [6.07, 6.45) is -0.503. The van der Waals surface area contributed by atoms with E-state index in [-0.39, 0.29) is 24.7 Å². The Morgan fingerprint density at radius 3 is 2.57 bits per heavy atom. The molecule has 0 aromatic heterocycles. The molecule has 8 heteroatoms. The van der Waals surface area contributed by atoms with Crippen LogP contribution in [0.25, 0.3) is 0 Å². The predicted molar refractivity (Wildman–Crippen MR) is 83.6 cm³/mol. The van der Waals surface area contributed by atoms with Crippen LogP contribution in [0.15, 0.2) is 24.3 Å². The lowest BCUT2D eigenvalue weighted by atomic mass is 10.2. The molecule has 0 bridgehead atoms. The number of carbonyl (C=O) groups excluding carboxylic acids is 1. The summed E-state index contributed by atoms with van der Waals surface area (Å²) in [5, 5.41) is 13.4. The maximum atomic E-state index is 11.4. The van der Waals surface area contributed by atoms with Crippen LogP contribution in [0.5, 0.6) is 5.75 Å². The number of nitrogens with zero attached hydrogens (tertiary/aromatic N) is 1. The number of para-hydroxylation sites is 2. The van der Waals surface area contributed by atoms with Crippen LogP contribution in [0.2, 0.25) is 0 Å². The molecule has 1 amide bonds. The summed E-state index contributed by atoms with van der Waals surface area (Å²) < 4.78 is 15.6. The first kappa shape index (κ1) is 18.7. The molecule has 23 heavy (non-hydrogen) atoms. The number of nitrogens with one attached hydrogen (secondary N) is 1. The van der Waals surface area contributed by atoms with Crippen molar-refractivity contribution in [2.24, 2.45) is 0 Å². The van der Waals surface area contributed by atoms with Gasteiger partial charge >= 0.3 is 11.8 Å². The first-order chi connectivity index (χ1) is 10.8. The van der Waals surface area contributed by atoms with Gasteiger partial charge in [0.2, 0.25) is 0 Å². The molecular weight excluding hydrogens is 304 g/mol. The van der Waals surface area contributed by atoms with E-state index < -0.39 is 16.6 Å². The van der Waals surface area contributed by atoms with Crippen molar-refractivity contribution in [2.75, 3.05) is 26.4 Å². The van der Waals surface area contributed by atoms with Crippen LogP contribution >= 0.6 is 0 Å². The van der Waals surface area contributed by atoms with Crippen molar-refractivity contribution in [3.63, 3.8) is 0 Å². The number of hydrogen-bond acceptors (Lipinski definition) is 6. The molecule has 8 nitrogen and oxygen atoms in total. The van der Waals surface area contributed by atoms with Crippen molar-refractivity contribution in [1.29, 1.82) is 0 Å². The van der Waals surface area contributed by atoms with Gasteiger partial charge in [0.25, 0.3) is 0 Å². The lowest BCUT2D eigenvalue weighted by Crippen LogP contribution is -2.34. The summed E-state index contributed by atoms with van der Waals surface area (Å²) in [5.74, 6) is 0.202. The van der Waals surface area contributed by atoms with Crippen LogP contribution in [-0.2, 0) is 9.47 Å². The van der Waals surface area contributed by atoms with Gasteiger partial charge in [-0.2, -0.15) is 0 Å². The van der Waals surface area contributed by atoms with Gasteiger partial charge in [-0.15, -0.1) is 0 Å². The van der Waals surface area contributed by atoms with Crippen LogP contribution in [-0.4, -0.2) is 43.0 Å². The zero-order valence-electron chi connectivity index (χ0n) is 13.5. The van der Waals surface area contributed by atoms with E-state index in [0.717, 1.165) is 0 Å². The van der Waals surface area contributed by atoms with E-state index in [0.29, 0.717) is 13.2 Å². The van der Waals surface area contributed by atoms with E-state index in [9.17, 15) is 14.9 Å². The fraction of sp³-hybridized carbons (Fsp3) is 0.533. The van der Waals surface area contributed by atoms with E-state index in [1.165, 1.54) is 12.1 Å². The molecule has 0 saturated carbocycles. The SMILES string of the molecule is CC(C)(C)OC(=O)NCCOCCOc1ccccc1[N+](=O)[O-]. The standard InChI is InChI=1S/C15H22N2O6/c1-15(2,3)23-14(18)16-8-9-21-10-11-22-13-7-5-4-6-12(13)17(19)20/h4-7H,8-11H2,1-3H3,(H,16,18). The molecule has 0 aliphatic carbocycles. The highest BCUT2D eigenvalue weighted by Crippen LogP contribution is 2.25. The van der Waals surface area contributed by atoms with Gasteiger partial charge in [-0.25, -0.2) is 4.79 Å². The summed E-state index contributed by atoms with van der Waals surface area (Å²) in [6.45, 7) is 6.37. The Morgan fingerprint density at radius 2 is 1.91 bits per heavy atom. The third-order valence-electron chi connectivity index (χ3n) is 2.46. The van der Waals surface area contributed by atoms with Gasteiger partial charge < -0.3 is 19.5 Å². The van der Waals surface area contributed by atoms with Gasteiger partial charge in [-0.3, -0.25) is 10.1 Å². The van der Waals surface area contributed by atoms with E-state index in [1.807, 2.05) is 0 Å². The second-order valence-electron chi connectivity index (χ2n) is 5.61. The third kappa shape index (κ3) is 8.01. The number of benzene rings is 1. The molecule has 0 heterocycles. The predicted octanol–water partition coefficient (Wildman–Crippen LogP) is 2.51. The van der Waals surface area contributed by atoms with Crippen LogP contribution in [0, 0.1) is 10.1 Å². The first-order valence-corrected chi connectivity index (χ1v) is 7.20. The molecule has 1 aromatic rings. The Morgan fingerprint density at radius 1 is 1.22 bits per heavy atom. The third-order valence-corrected chi connectivity index (χ3v) is 2.46. The molecule has 1 aromatic carbocycles. The highest BCUT2D eigenvalue weighted by Gasteiger charge is 2.15. The summed E-state index contributed by atoms with van der Waals surface area (Å²) in [5.41, 5.74) is -0.623. The highest BCUT2D eigenvalue weighted by molar-refractivity contribution is 5.67. The molecular formula is C15H22N2O6. The molecule has 0 unspecified atom stereocenters. The molecule has 0 spiro atoms. The molecule has 0 aliphatic heterocycles. The Hall–Kier alpha value is -2.35. The fourth-order valence-electron chi connectivity index (χ4n) is 1.58. The van der Waals surface area contributed by atoms with E-state index in [1.54, 1.807) is 32.9 Å². The van der Waals surface area contributed by atoms with Crippen molar-refractivity contribution in [1.82, 2.24) is 5.32 Å². The van der Waals surface area contributed by atoms with Crippen molar-refractivity contribution < 1.29 is 23.9 Å². The average molecular weight is 326 g/mol. The fourth-order valence-corrected chi connectivity index (χ4v) is 1.58. The maximum Gasteiger partial charge on any atom is 0.407 e. The van der Waals surface area contributed by atoms with E-state index in [4.69, 9.17) is 14.2 Å². The quantitative estimate of drug-likeness (QED) is 0.447. The number of ether oxygens (including phenoxy) is 3. The maximum absolute atomic E-state index is 11.4. The van der Waals surface area contributed by atoms with Crippen LogP contribution in [0.3, 0.4) is 0 Å². The number of carbonyl (C=O) groups is 1. The molecule has 0 fully saturated rings. The van der Waals surface area contributed by atoms with Crippen LogP contribution in [0.1, 0.15) is 20.8 Å². The lowest BCUT2D eigenvalue weighted by molar-refractivity contribution is -0.385. The van der Waals surface area contributed by atoms with E-state index in [2.05, 4.69) is 5.32 Å². The molecule has 1 rings (SSSR count). The average Bonchev–Trinajstić information content (AvgIpc) is 2.44. The second-order valence-corrected chi connectivity index (χ2v) is 5.61. The second kappa shape index (κ2) is 8.94. The molecule has 128 valence electrons. The number of nitro groups is 1. The highest BCUT2D eigenvalue weighted by atomic mass is 16.6. The molecule has 1 N–H and O–H groups in total. The van der Waals surface area contributed by atoms with Gasteiger partial charge in [0.1, 0.15) is 12.2 Å². The topological polar surface area (TPSA) is 99.9 Å². The van der Waals surface area contributed by atoms with Crippen LogP contribution < -0.4 is 10.1 Å². The van der Waals surface area contributed by atoms with Gasteiger partial charge in [0.15, 0.2) is 5.75 Å². The largest absolute Gasteiger partial charge is 0.484 e. The molecule has 0 saturated heterocycles. The smallest absolute Gasteiger partial charge is 0.407 e. The molecule has 0 aliphatic rings. The van der Waals surface area contributed by atoms with Crippen molar-refractivity contribution in [3.8, 4) is 5.75 Å². The van der Waals surface area contributed by atoms with Gasteiger partial charge in [-0.05, 0) is 26.8 Å². The summed E-state index contributed by atoms with van der Waals surface area (Å²) >= 11 is 0. The Kier molecular flexibility index (Phi) is 7.27.